The Morgan fingerprint density at radius 2 is 1.64 bits per heavy atom. The monoisotopic (exact) mass is 394 g/mol. The molecule has 0 saturated carbocycles. The minimum Gasteiger partial charge on any atom is -0.314 e. The fourth-order valence-electron chi connectivity index (χ4n) is 2.80. The maximum atomic E-state index is 14.2. The molecule has 0 unspecified atom stereocenters. The number of alkyl halides is 6. The smallest absolute Gasteiger partial charge is 0.314 e. The number of nitrogens with zero attached hydrogens (tertiary/aromatic N) is 1. The van der Waals surface area contributed by atoms with Crippen molar-refractivity contribution in [2.45, 2.75) is 31.2 Å². The molecule has 0 aliphatic carbocycles. The third-order valence-electron chi connectivity index (χ3n) is 3.98. The predicted octanol–water partition coefficient (Wildman–Crippen LogP) is 4.56. The maximum absolute atomic E-state index is 14.2. The summed E-state index contributed by atoms with van der Waals surface area (Å²) in [5.74, 6) is -1.13. The molecule has 1 saturated heterocycles. The molecule has 1 fully saturated rings. The number of halogens is 8. The van der Waals surface area contributed by atoms with Crippen molar-refractivity contribution >= 4 is 12.4 Å². The normalized spacial score (nSPS) is 17.9. The van der Waals surface area contributed by atoms with Gasteiger partial charge in [-0.2, -0.15) is 26.3 Å². The molecule has 1 aliphatic rings. The number of benzene rings is 1. The molecule has 1 aliphatic heterocycles. The third kappa shape index (κ3) is 6.31. The largest absolute Gasteiger partial charge is 0.416 e. The molecule has 25 heavy (non-hydrogen) atoms. The van der Waals surface area contributed by atoms with Crippen LogP contribution in [0, 0.1) is 5.82 Å². The van der Waals surface area contributed by atoms with Crippen LogP contribution in [0.4, 0.5) is 30.7 Å². The highest BCUT2D eigenvalue weighted by molar-refractivity contribution is 5.85. The topological polar surface area (TPSA) is 15.3 Å². The summed E-state index contributed by atoms with van der Waals surface area (Å²) < 4.78 is 89.7. The average molecular weight is 395 g/mol. The van der Waals surface area contributed by atoms with E-state index in [0.29, 0.717) is 38.3 Å². The Morgan fingerprint density at radius 3 is 2.12 bits per heavy atom. The van der Waals surface area contributed by atoms with Crippen molar-refractivity contribution < 1.29 is 30.7 Å². The zero-order valence-electron chi connectivity index (χ0n) is 13.1. The molecule has 0 radical (unpaired) electrons. The molecular weight excluding hydrogens is 377 g/mol. The molecule has 144 valence electrons. The fraction of sp³-hybridized carbons (Fsp3) is 0.600. The van der Waals surface area contributed by atoms with E-state index >= 15 is 0 Å². The molecule has 2 rings (SSSR count). The highest BCUT2D eigenvalue weighted by Crippen LogP contribution is 2.36. The Morgan fingerprint density at radius 1 is 1.04 bits per heavy atom. The zero-order valence-corrected chi connectivity index (χ0v) is 13.9. The second-order valence-corrected chi connectivity index (χ2v) is 5.69. The lowest BCUT2D eigenvalue weighted by Crippen LogP contribution is -2.45. The first-order chi connectivity index (χ1) is 11.1. The van der Waals surface area contributed by atoms with Gasteiger partial charge in [-0.15, -0.1) is 12.4 Å². The maximum Gasteiger partial charge on any atom is 0.416 e. The van der Waals surface area contributed by atoms with E-state index in [1.165, 1.54) is 0 Å². The molecule has 0 amide bonds. The van der Waals surface area contributed by atoms with Crippen LogP contribution in [0.15, 0.2) is 18.2 Å². The van der Waals surface area contributed by atoms with E-state index < -0.39 is 42.6 Å². The molecule has 1 aromatic rings. The van der Waals surface area contributed by atoms with E-state index in [1.807, 2.05) is 0 Å². The fourth-order valence-corrected chi connectivity index (χ4v) is 2.80. The Bertz CT molecular complexity index is 554. The van der Waals surface area contributed by atoms with Gasteiger partial charge in [0.05, 0.1) is 5.56 Å². The lowest BCUT2D eigenvalue weighted by molar-refractivity contribution is -0.138. The van der Waals surface area contributed by atoms with Gasteiger partial charge in [-0.3, -0.25) is 4.90 Å². The first-order valence-corrected chi connectivity index (χ1v) is 7.46. The molecule has 0 aromatic heterocycles. The molecule has 1 heterocycles. The van der Waals surface area contributed by atoms with Crippen LogP contribution in [0.2, 0.25) is 0 Å². The van der Waals surface area contributed by atoms with Crippen molar-refractivity contribution in [3.8, 4) is 0 Å². The highest BCUT2D eigenvalue weighted by atomic mass is 35.5. The van der Waals surface area contributed by atoms with Crippen LogP contribution in [-0.4, -0.2) is 37.3 Å². The van der Waals surface area contributed by atoms with E-state index in [-0.39, 0.29) is 18.0 Å². The minimum absolute atomic E-state index is 0. The highest BCUT2D eigenvalue weighted by Gasteiger charge is 2.34. The number of piperazine rings is 1. The molecule has 1 atom stereocenters. The predicted molar refractivity (Wildman–Crippen MR) is 81.1 cm³/mol. The molecule has 2 nitrogen and oxygen atoms in total. The van der Waals surface area contributed by atoms with Gasteiger partial charge in [0.25, 0.3) is 0 Å². The Balaban J connectivity index is 0.00000312. The standard InChI is InChI=1S/C15H17F7N2.ClH/c16-12-9-10(15(20,21)22)1-2-11(12)13(3-4-14(17,18)19)24-7-5-23-6-8-24;/h1-2,9,13,23H,3-8H2;1H/t13-;/m1./s1. The van der Waals surface area contributed by atoms with Crippen molar-refractivity contribution in [3.05, 3.63) is 35.1 Å². The second kappa shape index (κ2) is 8.55. The molecule has 0 bridgehead atoms. The van der Waals surface area contributed by atoms with E-state index in [9.17, 15) is 30.7 Å². The van der Waals surface area contributed by atoms with Gasteiger partial charge in [0.15, 0.2) is 0 Å². The van der Waals surface area contributed by atoms with Crippen molar-refractivity contribution in [1.82, 2.24) is 10.2 Å². The van der Waals surface area contributed by atoms with Crippen LogP contribution in [0.1, 0.15) is 30.0 Å². The van der Waals surface area contributed by atoms with Crippen molar-refractivity contribution in [2.75, 3.05) is 26.2 Å². The summed E-state index contributed by atoms with van der Waals surface area (Å²) >= 11 is 0. The van der Waals surface area contributed by atoms with Gasteiger partial charge >= 0.3 is 12.4 Å². The Labute approximate surface area is 146 Å². The van der Waals surface area contributed by atoms with Crippen LogP contribution in [0.25, 0.3) is 0 Å². The van der Waals surface area contributed by atoms with Crippen molar-refractivity contribution in [2.24, 2.45) is 0 Å². The molecular formula is C15H18ClF7N2. The van der Waals surface area contributed by atoms with Gasteiger partial charge in [-0.1, -0.05) is 6.07 Å². The first kappa shape index (κ1) is 22.0. The van der Waals surface area contributed by atoms with Gasteiger partial charge in [0, 0.05) is 44.2 Å². The lowest BCUT2D eigenvalue weighted by Gasteiger charge is -2.35. The number of hydrogen-bond donors (Lipinski definition) is 1. The summed E-state index contributed by atoms with van der Waals surface area (Å²) in [7, 11) is 0. The average Bonchev–Trinajstić information content (AvgIpc) is 2.48. The summed E-state index contributed by atoms with van der Waals surface area (Å²) in [4.78, 5) is 1.67. The van der Waals surface area contributed by atoms with Crippen LogP contribution >= 0.6 is 12.4 Å². The van der Waals surface area contributed by atoms with Crippen LogP contribution in [0.3, 0.4) is 0 Å². The van der Waals surface area contributed by atoms with E-state index in [4.69, 9.17) is 0 Å². The molecule has 1 N–H and O–H groups in total. The van der Waals surface area contributed by atoms with Gasteiger partial charge in [0.2, 0.25) is 0 Å². The molecule has 1 aromatic carbocycles. The van der Waals surface area contributed by atoms with Gasteiger partial charge < -0.3 is 5.32 Å². The summed E-state index contributed by atoms with van der Waals surface area (Å²) in [6.45, 7) is 1.88. The second-order valence-electron chi connectivity index (χ2n) is 5.69. The number of nitrogens with one attached hydrogen (secondary N) is 1. The van der Waals surface area contributed by atoms with E-state index in [1.54, 1.807) is 4.90 Å². The SMILES string of the molecule is Cl.Fc1cc(C(F)(F)F)ccc1[C@@H](CCC(F)(F)F)N1CCNCC1. The van der Waals surface area contributed by atoms with Crippen LogP contribution < -0.4 is 5.32 Å². The van der Waals surface area contributed by atoms with Crippen LogP contribution in [0.5, 0.6) is 0 Å². The zero-order chi connectivity index (χ0) is 18.0. The van der Waals surface area contributed by atoms with Gasteiger partial charge in [0.1, 0.15) is 5.82 Å². The summed E-state index contributed by atoms with van der Waals surface area (Å²) in [6, 6.07) is 1.09. The third-order valence-corrected chi connectivity index (χ3v) is 3.98. The van der Waals surface area contributed by atoms with Gasteiger partial charge in [-0.25, -0.2) is 4.39 Å². The molecule has 0 spiro atoms. The summed E-state index contributed by atoms with van der Waals surface area (Å²) in [6.07, 6.45) is -10.6. The van der Waals surface area contributed by atoms with Crippen molar-refractivity contribution in [3.63, 3.8) is 0 Å². The Hall–Kier alpha value is -1.06. The van der Waals surface area contributed by atoms with Gasteiger partial charge in [-0.05, 0) is 18.6 Å². The number of rotatable bonds is 4. The molecule has 10 heteroatoms. The Kier molecular flexibility index (Phi) is 7.52. The van der Waals surface area contributed by atoms with E-state index in [2.05, 4.69) is 5.32 Å². The summed E-state index contributed by atoms with van der Waals surface area (Å²) in [5.41, 5.74) is -1.28. The lowest BCUT2D eigenvalue weighted by atomic mass is 9.97. The first-order valence-electron chi connectivity index (χ1n) is 7.46. The van der Waals surface area contributed by atoms with Crippen molar-refractivity contribution in [1.29, 1.82) is 0 Å². The number of hydrogen-bond acceptors (Lipinski definition) is 2. The minimum atomic E-state index is -4.70. The van der Waals surface area contributed by atoms with Crippen LogP contribution in [-0.2, 0) is 6.18 Å². The van der Waals surface area contributed by atoms with E-state index in [0.717, 1.165) is 6.07 Å². The quantitative estimate of drug-likeness (QED) is 0.753. The summed E-state index contributed by atoms with van der Waals surface area (Å²) in [5, 5.41) is 3.03.